The van der Waals surface area contributed by atoms with E-state index < -0.39 is 5.97 Å². The van der Waals surface area contributed by atoms with Crippen molar-refractivity contribution in [3.05, 3.63) is 29.6 Å². The molecule has 74 valence electrons. The average Bonchev–Trinajstić information content (AvgIpc) is 2.70. The molecular weight excluding hydrogens is 182 g/mol. The van der Waals surface area contributed by atoms with E-state index in [4.69, 9.17) is 9.84 Å². The van der Waals surface area contributed by atoms with Crippen LogP contribution in [0.1, 0.15) is 34.9 Å². The zero-order chi connectivity index (χ0) is 9.97. The minimum absolute atomic E-state index is 0.0656. The maximum atomic E-state index is 10.9. The van der Waals surface area contributed by atoms with Crippen LogP contribution in [0.5, 0.6) is 0 Å². The van der Waals surface area contributed by atoms with Gasteiger partial charge in [0.05, 0.1) is 11.7 Å². The van der Waals surface area contributed by atoms with Gasteiger partial charge >= 0.3 is 5.97 Å². The van der Waals surface area contributed by atoms with Crippen molar-refractivity contribution in [2.75, 3.05) is 6.61 Å². The molecule has 1 saturated heterocycles. The molecule has 0 aliphatic carbocycles. The molecule has 4 nitrogen and oxygen atoms in total. The summed E-state index contributed by atoms with van der Waals surface area (Å²) in [7, 11) is 0. The maximum absolute atomic E-state index is 10.9. The molecule has 2 heterocycles. The summed E-state index contributed by atoms with van der Waals surface area (Å²) < 4.78 is 5.44. The predicted octanol–water partition coefficient (Wildman–Crippen LogP) is 1.63. The Morgan fingerprint density at radius 1 is 1.64 bits per heavy atom. The summed E-state index contributed by atoms with van der Waals surface area (Å²) in [5.74, 6) is -0.941. The van der Waals surface area contributed by atoms with Gasteiger partial charge < -0.3 is 9.84 Å². The highest BCUT2D eigenvalue weighted by atomic mass is 16.5. The number of hydrogen-bond acceptors (Lipinski definition) is 3. The van der Waals surface area contributed by atoms with E-state index in [2.05, 4.69) is 4.98 Å². The summed E-state index contributed by atoms with van der Waals surface area (Å²) in [5.41, 5.74) is 0.990. The minimum atomic E-state index is -0.941. The summed E-state index contributed by atoms with van der Waals surface area (Å²) in [5, 5.41) is 8.93. The van der Waals surface area contributed by atoms with Crippen LogP contribution in [0.2, 0.25) is 0 Å². The average molecular weight is 193 g/mol. The molecular formula is C10H11NO3. The first-order valence-corrected chi connectivity index (χ1v) is 4.58. The Morgan fingerprint density at radius 3 is 3.14 bits per heavy atom. The first-order valence-electron chi connectivity index (χ1n) is 4.58. The third kappa shape index (κ3) is 1.61. The van der Waals surface area contributed by atoms with Crippen LogP contribution in [0.25, 0.3) is 0 Å². The molecule has 0 radical (unpaired) electrons. The van der Waals surface area contributed by atoms with Gasteiger partial charge in [-0.25, -0.2) is 4.79 Å². The molecule has 0 aromatic carbocycles. The number of carbonyl (C=O) groups is 1. The van der Waals surface area contributed by atoms with Gasteiger partial charge in [-0.2, -0.15) is 0 Å². The summed E-state index contributed by atoms with van der Waals surface area (Å²) in [4.78, 5) is 14.7. The highest BCUT2D eigenvalue weighted by Crippen LogP contribution is 2.30. The number of pyridine rings is 1. The van der Waals surface area contributed by atoms with Crippen molar-refractivity contribution in [2.24, 2.45) is 0 Å². The zero-order valence-corrected chi connectivity index (χ0v) is 7.64. The minimum Gasteiger partial charge on any atom is -0.478 e. The summed E-state index contributed by atoms with van der Waals surface area (Å²) in [6, 6.07) is 1.72. The van der Waals surface area contributed by atoms with E-state index in [0.29, 0.717) is 6.61 Å². The fourth-order valence-electron chi connectivity index (χ4n) is 1.69. The quantitative estimate of drug-likeness (QED) is 0.775. The highest BCUT2D eigenvalue weighted by Gasteiger charge is 2.22. The predicted molar refractivity (Wildman–Crippen MR) is 49.1 cm³/mol. The number of carboxylic acids is 1. The Bertz CT molecular complexity index is 345. The molecule has 1 fully saturated rings. The highest BCUT2D eigenvalue weighted by molar-refractivity contribution is 5.89. The molecule has 0 spiro atoms. The van der Waals surface area contributed by atoms with Crippen molar-refractivity contribution >= 4 is 5.97 Å². The van der Waals surface area contributed by atoms with Gasteiger partial charge in [0.15, 0.2) is 0 Å². The van der Waals surface area contributed by atoms with E-state index >= 15 is 0 Å². The number of rotatable bonds is 2. The molecule has 1 N–H and O–H groups in total. The van der Waals surface area contributed by atoms with Gasteiger partial charge in [-0.3, -0.25) is 4.98 Å². The lowest BCUT2D eigenvalue weighted by Crippen LogP contribution is -2.07. The van der Waals surface area contributed by atoms with Crippen LogP contribution in [-0.4, -0.2) is 22.7 Å². The number of carboxylic acid groups (broad SMARTS) is 1. The van der Waals surface area contributed by atoms with Gasteiger partial charge in [0.25, 0.3) is 0 Å². The van der Waals surface area contributed by atoms with Gasteiger partial charge in [-0.15, -0.1) is 0 Å². The smallest absolute Gasteiger partial charge is 0.337 e. The molecule has 2 rings (SSSR count). The number of ether oxygens (including phenoxy) is 1. The third-order valence-corrected chi connectivity index (χ3v) is 2.36. The van der Waals surface area contributed by atoms with E-state index in [9.17, 15) is 4.79 Å². The Labute approximate surface area is 81.5 Å². The van der Waals surface area contributed by atoms with Crippen molar-refractivity contribution in [1.29, 1.82) is 0 Å². The Morgan fingerprint density at radius 2 is 2.50 bits per heavy atom. The van der Waals surface area contributed by atoms with Gasteiger partial charge in [0.2, 0.25) is 0 Å². The Kier molecular flexibility index (Phi) is 2.45. The van der Waals surface area contributed by atoms with Crippen molar-refractivity contribution in [2.45, 2.75) is 18.9 Å². The van der Waals surface area contributed by atoms with Crippen LogP contribution < -0.4 is 0 Å². The molecule has 1 aromatic rings. The topological polar surface area (TPSA) is 59.4 Å². The zero-order valence-electron chi connectivity index (χ0n) is 7.64. The van der Waals surface area contributed by atoms with E-state index in [1.54, 1.807) is 12.3 Å². The van der Waals surface area contributed by atoms with Crippen molar-refractivity contribution in [1.82, 2.24) is 4.98 Å². The normalized spacial score (nSPS) is 21.0. The van der Waals surface area contributed by atoms with Crippen LogP contribution in [0.4, 0.5) is 0 Å². The molecule has 1 aromatic heterocycles. The molecule has 1 atom stereocenters. The first kappa shape index (κ1) is 9.15. The SMILES string of the molecule is O=C(O)c1cnccc1C1CCCO1. The molecule has 1 aliphatic heterocycles. The van der Waals surface area contributed by atoms with Crippen molar-refractivity contribution < 1.29 is 14.6 Å². The van der Waals surface area contributed by atoms with Gasteiger partial charge in [0.1, 0.15) is 0 Å². The van der Waals surface area contributed by atoms with Crippen LogP contribution in [0.3, 0.4) is 0 Å². The molecule has 1 aliphatic rings. The number of aromatic carboxylic acids is 1. The molecule has 0 amide bonds. The van der Waals surface area contributed by atoms with Crippen LogP contribution in [-0.2, 0) is 4.74 Å². The van der Waals surface area contributed by atoms with E-state index in [1.807, 2.05) is 0 Å². The van der Waals surface area contributed by atoms with E-state index in [-0.39, 0.29) is 11.7 Å². The first-order chi connectivity index (χ1) is 6.79. The summed E-state index contributed by atoms with van der Waals surface area (Å²) in [6.07, 6.45) is 4.79. The van der Waals surface area contributed by atoms with Crippen LogP contribution in [0, 0.1) is 0 Å². The lowest BCUT2D eigenvalue weighted by Gasteiger charge is -2.11. The number of hydrogen-bond donors (Lipinski definition) is 1. The second-order valence-corrected chi connectivity index (χ2v) is 3.27. The van der Waals surface area contributed by atoms with Crippen LogP contribution >= 0.6 is 0 Å². The van der Waals surface area contributed by atoms with E-state index in [0.717, 1.165) is 18.4 Å². The molecule has 14 heavy (non-hydrogen) atoms. The van der Waals surface area contributed by atoms with Gasteiger partial charge in [0, 0.05) is 19.0 Å². The third-order valence-electron chi connectivity index (χ3n) is 2.36. The number of nitrogens with zero attached hydrogens (tertiary/aromatic N) is 1. The molecule has 0 bridgehead atoms. The monoisotopic (exact) mass is 193 g/mol. The van der Waals surface area contributed by atoms with E-state index in [1.165, 1.54) is 6.20 Å². The molecule has 0 saturated carbocycles. The van der Waals surface area contributed by atoms with Crippen molar-refractivity contribution in [3.63, 3.8) is 0 Å². The van der Waals surface area contributed by atoms with Crippen molar-refractivity contribution in [3.8, 4) is 0 Å². The second-order valence-electron chi connectivity index (χ2n) is 3.27. The van der Waals surface area contributed by atoms with Crippen LogP contribution in [0.15, 0.2) is 18.5 Å². The van der Waals surface area contributed by atoms with Gasteiger partial charge in [-0.1, -0.05) is 0 Å². The molecule has 1 unspecified atom stereocenters. The lowest BCUT2D eigenvalue weighted by atomic mass is 10.0. The largest absolute Gasteiger partial charge is 0.478 e. The Hall–Kier alpha value is -1.42. The fourth-order valence-corrected chi connectivity index (χ4v) is 1.69. The summed E-state index contributed by atoms with van der Waals surface area (Å²) >= 11 is 0. The molecule has 4 heteroatoms. The summed E-state index contributed by atoms with van der Waals surface area (Å²) in [6.45, 7) is 0.714. The second kappa shape index (κ2) is 3.75. The fraction of sp³-hybridized carbons (Fsp3) is 0.400. The van der Waals surface area contributed by atoms with Gasteiger partial charge in [-0.05, 0) is 24.5 Å². The maximum Gasteiger partial charge on any atom is 0.337 e. The standard InChI is InChI=1S/C10H11NO3/c12-10(13)8-6-11-4-3-7(8)9-2-1-5-14-9/h3-4,6,9H,1-2,5H2,(H,12,13). The Balaban J connectivity index is 2.35. The lowest BCUT2D eigenvalue weighted by molar-refractivity contribution is 0.0681. The number of aromatic nitrogens is 1.